The number of methoxy groups -OCH3 is 1. The molecule has 0 spiro atoms. The van der Waals surface area contributed by atoms with Crippen molar-refractivity contribution in [1.29, 1.82) is 0 Å². The molecule has 0 aliphatic heterocycles. The molecule has 0 saturated heterocycles. The SMILES string of the molecule is COC(C)(CN)c1ccc(Cl)c(Cl)c1. The number of nitrogens with two attached hydrogens (primary N) is 1. The maximum absolute atomic E-state index is 5.91. The van der Waals surface area contributed by atoms with Gasteiger partial charge in [0.1, 0.15) is 5.60 Å². The Kier molecular flexibility index (Phi) is 3.78. The predicted octanol–water partition coefficient (Wildman–Crippen LogP) is 2.81. The average molecular weight is 234 g/mol. The Morgan fingerprint density at radius 3 is 2.43 bits per heavy atom. The Balaban J connectivity index is 3.12. The summed E-state index contributed by atoms with van der Waals surface area (Å²) in [5.41, 5.74) is 6.06. The summed E-state index contributed by atoms with van der Waals surface area (Å²) in [6.45, 7) is 2.30. The summed E-state index contributed by atoms with van der Waals surface area (Å²) in [4.78, 5) is 0. The molecule has 1 atom stereocenters. The minimum absolute atomic E-state index is 0.390. The number of hydrogen-bond acceptors (Lipinski definition) is 2. The van der Waals surface area contributed by atoms with Crippen LogP contribution in [0.1, 0.15) is 12.5 Å². The Bertz CT molecular complexity index is 324. The molecule has 1 aromatic carbocycles. The minimum atomic E-state index is -0.506. The maximum Gasteiger partial charge on any atom is 0.102 e. The molecule has 0 bridgehead atoms. The molecular weight excluding hydrogens is 221 g/mol. The Labute approximate surface area is 94.0 Å². The number of hydrogen-bond donors (Lipinski definition) is 1. The van der Waals surface area contributed by atoms with Crippen LogP contribution < -0.4 is 5.73 Å². The van der Waals surface area contributed by atoms with Crippen LogP contribution in [0.5, 0.6) is 0 Å². The van der Waals surface area contributed by atoms with E-state index in [1.165, 1.54) is 0 Å². The molecule has 0 saturated carbocycles. The van der Waals surface area contributed by atoms with Crippen molar-refractivity contribution < 1.29 is 4.74 Å². The van der Waals surface area contributed by atoms with E-state index in [9.17, 15) is 0 Å². The van der Waals surface area contributed by atoms with Crippen molar-refractivity contribution in [2.75, 3.05) is 13.7 Å². The van der Waals surface area contributed by atoms with Crippen molar-refractivity contribution in [2.24, 2.45) is 5.73 Å². The molecule has 1 aromatic rings. The van der Waals surface area contributed by atoms with Gasteiger partial charge in [0.15, 0.2) is 0 Å². The lowest BCUT2D eigenvalue weighted by Gasteiger charge is -2.27. The lowest BCUT2D eigenvalue weighted by atomic mass is 9.96. The topological polar surface area (TPSA) is 35.2 Å². The zero-order valence-electron chi connectivity index (χ0n) is 8.18. The first-order chi connectivity index (χ1) is 6.53. The molecular formula is C10H13Cl2NO. The van der Waals surface area contributed by atoms with Crippen molar-refractivity contribution in [3.05, 3.63) is 33.8 Å². The number of benzene rings is 1. The van der Waals surface area contributed by atoms with Crippen molar-refractivity contribution in [3.8, 4) is 0 Å². The molecule has 14 heavy (non-hydrogen) atoms. The standard InChI is InChI=1S/C10H13Cl2NO/c1-10(6-13,14-2)7-3-4-8(11)9(12)5-7/h3-5H,6,13H2,1-2H3. The third-order valence-electron chi connectivity index (χ3n) is 2.37. The van der Waals surface area contributed by atoms with Crippen LogP contribution in [0.25, 0.3) is 0 Å². The van der Waals surface area contributed by atoms with Crippen LogP contribution in [0.4, 0.5) is 0 Å². The molecule has 0 heterocycles. The van der Waals surface area contributed by atoms with Crippen molar-refractivity contribution in [1.82, 2.24) is 0 Å². The molecule has 2 N–H and O–H groups in total. The summed E-state index contributed by atoms with van der Waals surface area (Å²) in [5, 5.41) is 1.05. The molecule has 4 heteroatoms. The van der Waals surface area contributed by atoms with E-state index in [1.807, 2.05) is 13.0 Å². The minimum Gasteiger partial charge on any atom is -0.372 e. The summed E-state index contributed by atoms with van der Waals surface area (Å²) < 4.78 is 5.34. The second-order valence-corrected chi connectivity index (χ2v) is 4.08. The highest BCUT2D eigenvalue weighted by atomic mass is 35.5. The van der Waals surface area contributed by atoms with Gasteiger partial charge in [0.2, 0.25) is 0 Å². The van der Waals surface area contributed by atoms with Gasteiger partial charge in [-0.3, -0.25) is 0 Å². The fraction of sp³-hybridized carbons (Fsp3) is 0.400. The van der Waals surface area contributed by atoms with E-state index in [2.05, 4.69) is 0 Å². The molecule has 0 fully saturated rings. The zero-order valence-corrected chi connectivity index (χ0v) is 9.69. The summed E-state index contributed by atoms with van der Waals surface area (Å²) in [6, 6.07) is 5.39. The van der Waals surface area contributed by atoms with Gasteiger partial charge in [-0.25, -0.2) is 0 Å². The van der Waals surface area contributed by atoms with Gasteiger partial charge in [-0.15, -0.1) is 0 Å². The van der Waals surface area contributed by atoms with Crippen LogP contribution >= 0.6 is 23.2 Å². The normalized spacial score (nSPS) is 15.2. The van der Waals surface area contributed by atoms with Crippen LogP contribution in [0.3, 0.4) is 0 Å². The van der Waals surface area contributed by atoms with Gasteiger partial charge in [-0.1, -0.05) is 29.3 Å². The first-order valence-corrected chi connectivity index (χ1v) is 5.00. The fourth-order valence-corrected chi connectivity index (χ4v) is 1.44. The van der Waals surface area contributed by atoms with Gasteiger partial charge < -0.3 is 10.5 Å². The molecule has 1 unspecified atom stereocenters. The van der Waals surface area contributed by atoms with Crippen molar-refractivity contribution in [2.45, 2.75) is 12.5 Å². The summed E-state index contributed by atoms with van der Waals surface area (Å²) in [7, 11) is 1.62. The molecule has 0 aliphatic carbocycles. The second kappa shape index (κ2) is 4.49. The monoisotopic (exact) mass is 233 g/mol. The smallest absolute Gasteiger partial charge is 0.102 e. The van der Waals surface area contributed by atoms with E-state index in [4.69, 9.17) is 33.7 Å². The fourth-order valence-electron chi connectivity index (χ4n) is 1.14. The van der Waals surface area contributed by atoms with Gasteiger partial charge in [-0.05, 0) is 24.6 Å². The van der Waals surface area contributed by atoms with E-state index in [1.54, 1.807) is 19.2 Å². The molecule has 0 aliphatic rings. The highest BCUT2D eigenvalue weighted by molar-refractivity contribution is 6.42. The Morgan fingerprint density at radius 2 is 2.00 bits per heavy atom. The lowest BCUT2D eigenvalue weighted by Crippen LogP contribution is -2.33. The Morgan fingerprint density at radius 1 is 1.36 bits per heavy atom. The second-order valence-electron chi connectivity index (χ2n) is 3.27. The Hall–Kier alpha value is -0.280. The number of ether oxygens (including phenoxy) is 1. The van der Waals surface area contributed by atoms with Gasteiger partial charge in [0.05, 0.1) is 10.0 Å². The third-order valence-corrected chi connectivity index (χ3v) is 3.11. The maximum atomic E-state index is 5.91. The van der Waals surface area contributed by atoms with Crippen LogP contribution in [0.2, 0.25) is 10.0 Å². The molecule has 78 valence electrons. The quantitative estimate of drug-likeness (QED) is 0.872. The van der Waals surface area contributed by atoms with Crippen LogP contribution in [-0.2, 0) is 10.3 Å². The molecule has 0 aromatic heterocycles. The van der Waals surface area contributed by atoms with Crippen molar-refractivity contribution in [3.63, 3.8) is 0 Å². The predicted molar refractivity (Wildman–Crippen MR) is 59.9 cm³/mol. The molecule has 1 rings (SSSR count). The van der Waals surface area contributed by atoms with E-state index in [0.717, 1.165) is 5.56 Å². The number of rotatable bonds is 3. The third kappa shape index (κ3) is 2.20. The highest BCUT2D eigenvalue weighted by Gasteiger charge is 2.24. The molecule has 0 radical (unpaired) electrons. The van der Waals surface area contributed by atoms with Crippen LogP contribution in [0, 0.1) is 0 Å². The average Bonchev–Trinajstić information content (AvgIpc) is 2.21. The van der Waals surface area contributed by atoms with E-state index in [0.29, 0.717) is 16.6 Å². The number of halogens is 2. The molecule has 2 nitrogen and oxygen atoms in total. The van der Waals surface area contributed by atoms with Gasteiger partial charge >= 0.3 is 0 Å². The zero-order chi connectivity index (χ0) is 10.8. The first kappa shape index (κ1) is 11.8. The largest absolute Gasteiger partial charge is 0.372 e. The van der Waals surface area contributed by atoms with E-state index in [-0.39, 0.29) is 0 Å². The lowest BCUT2D eigenvalue weighted by molar-refractivity contribution is 0.0101. The van der Waals surface area contributed by atoms with Gasteiger partial charge in [0, 0.05) is 13.7 Å². The van der Waals surface area contributed by atoms with E-state index < -0.39 is 5.60 Å². The summed E-state index contributed by atoms with van der Waals surface area (Å²) in [5.74, 6) is 0. The van der Waals surface area contributed by atoms with Gasteiger partial charge in [-0.2, -0.15) is 0 Å². The highest BCUT2D eigenvalue weighted by Crippen LogP contribution is 2.29. The summed E-state index contributed by atoms with van der Waals surface area (Å²) in [6.07, 6.45) is 0. The van der Waals surface area contributed by atoms with E-state index >= 15 is 0 Å². The summed E-state index contributed by atoms with van der Waals surface area (Å²) >= 11 is 11.7. The molecule has 0 amide bonds. The first-order valence-electron chi connectivity index (χ1n) is 4.24. The van der Waals surface area contributed by atoms with Crippen LogP contribution in [0.15, 0.2) is 18.2 Å². The van der Waals surface area contributed by atoms with Crippen LogP contribution in [-0.4, -0.2) is 13.7 Å². The van der Waals surface area contributed by atoms with Crippen molar-refractivity contribution >= 4 is 23.2 Å². The van der Waals surface area contributed by atoms with Gasteiger partial charge in [0.25, 0.3) is 0 Å².